The van der Waals surface area contributed by atoms with Crippen molar-refractivity contribution in [1.82, 2.24) is 14.8 Å². The molecular formula is C13H15N3O2S. The molecule has 0 fully saturated rings. The van der Waals surface area contributed by atoms with Crippen LogP contribution < -0.4 is 0 Å². The number of benzene rings is 1. The van der Waals surface area contributed by atoms with E-state index in [0.29, 0.717) is 0 Å². The second-order valence-corrected chi connectivity index (χ2v) is 6.94. The molecule has 5 nitrogen and oxygen atoms in total. The minimum Gasteiger partial charge on any atom is -0.241 e. The van der Waals surface area contributed by atoms with E-state index in [9.17, 15) is 8.42 Å². The summed E-state index contributed by atoms with van der Waals surface area (Å²) in [4.78, 5) is 4.18. The van der Waals surface area contributed by atoms with Gasteiger partial charge in [-0.15, -0.1) is 5.10 Å². The third-order valence-electron chi connectivity index (χ3n) is 3.47. The molecule has 0 saturated carbocycles. The Morgan fingerprint density at radius 2 is 1.95 bits per heavy atom. The highest BCUT2D eigenvalue weighted by atomic mass is 32.2. The number of rotatable bonds is 2. The summed E-state index contributed by atoms with van der Waals surface area (Å²) < 4.78 is 24.9. The maximum absolute atomic E-state index is 11.5. The average Bonchev–Trinajstić information content (AvgIpc) is 2.91. The largest absolute Gasteiger partial charge is 0.266 e. The summed E-state index contributed by atoms with van der Waals surface area (Å²) in [5.74, 6) is 0.975. The van der Waals surface area contributed by atoms with E-state index in [1.807, 2.05) is 30.3 Å². The van der Waals surface area contributed by atoms with Crippen molar-refractivity contribution in [3.05, 3.63) is 41.7 Å². The van der Waals surface area contributed by atoms with Crippen molar-refractivity contribution >= 4 is 9.84 Å². The van der Waals surface area contributed by atoms with Crippen molar-refractivity contribution in [3.63, 3.8) is 0 Å². The summed E-state index contributed by atoms with van der Waals surface area (Å²) in [7, 11) is -3.35. The molecule has 1 aliphatic rings. The van der Waals surface area contributed by atoms with Gasteiger partial charge in [0.2, 0.25) is 9.84 Å². The van der Waals surface area contributed by atoms with Crippen LogP contribution in [0, 0.1) is 0 Å². The van der Waals surface area contributed by atoms with Crippen LogP contribution in [0.4, 0.5) is 0 Å². The van der Waals surface area contributed by atoms with Gasteiger partial charge in [0.1, 0.15) is 5.82 Å². The van der Waals surface area contributed by atoms with E-state index in [4.69, 9.17) is 0 Å². The van der Waals surface area contributed by atoms with Crippen LogP contribution in [0.15, 0.2) is 35.5 Å². The minimum absolute atomic E-state index is 0.0741. The second kappa shape index (κ2) is 4.16. The third-order valence-corrected chi connectivity index (χ3v) is 4.30. The summed E-state index contributed by atoms with van der Waals surface area (Å²) in [6.45, 7) is 2.05. The first kappa shape index (κ1) is 12.3. The zero-order valence-corrected chi connectivity index (χ0v) is 11.6. The number of fused-ring (bicyclic) bond motifs is 1. The molecule has 6 heteroatoms. The molecule has 0 spiro atoms. The summed E-state index contributed by atoms with van der Waals surface area (Å²) >= 11 is 0. The fourth-order valence-electron chi connectivity index (χ4n) is 2.53. The molecule has 2 heterocycles. The summed E-state index contributed by atoms with van der Waals surface area (Å²) in [5.41, 5.74) is 1.14. The van der Waals surface area contributed by atoms with Gasteiger partial charge in [-0.3, -0.25) is 0 Å². The first-order valence-corrected chi connectivity index (χ1v) is 8.07. The highest BCUT2D eigenvalue weighted by Gasteiger charge is 2.34. The Kier molecular flexibility index (Phi) is 2.70. The minimum atomic E-state index is -3.35. The van der Waals surface area contributed by atoms with Crippen molar-refractivity contribution in [2.24, 2.45) is 0 Å². The van der Waals surface area contributed by atoms with Crippen LogP contribution in [0.2, 0.25) is 0 Å². The Hall–Kier alpha value is -1.69. The topological polar surface area (TPSA) is 64.8 Å². The normalized spacial score (nSPS) is 22.4. The van der Waals surface area contributed by atoms with Crippen molar-refractivity contribution in [1.29, 1.82) is 0 Å². The molecule has 0 N–H and O–H groups in total. The summed E-state index contributed by atoms with van der Waals surface area (Å²) in [6, 6.07) is 10.1. The van der Waals surface area contributed by atoms with Crippen LogP contribution in [0.3, 0.4) is 0 Å². The molecule has 19 heavy (non-hydrogen) atoms. The van der Waals surface area contributed by atoms with Crippen LogP contribution in [0.1, 0.15) is 36.7 Å². The van der Waals surface area contributed by atoms with E-state index >= 15 is 0 Å². The van der Waals surface area contributed by atoms with Gasteiger partial charge in [0, 0.05) is 12.2 Å². The second-order valence-electron chi connectivity index (χ2n) is 5.03. The maximum atomic E-state index is 11.5. The molecule has 0 unspecified atom stereocenters. The fourth-order valence-corrected chi connectivity index (χ4v) is 3.03. The average molecular weight is 277 g/mol. The molecular weight excluding hydrogens is 262 g/mol. The Morgan fingerprint density at radius 1 is 1.26 bits per heavy atom. The van der Waals surface area contributed by atoms with Crippen LogP contribution in [0.25, 0.3) is 0 Å². The van der Waals surface area contributed by atoms with E-state index in [1.54, 1.807) is 4.68 Å². The van der Waals surface area contributed by atoms with E-state index in [0.717, 1.165) is 24.1 Å². The molecule has 2 aromatic rings. The predicted octanol–water partition coefficient (Wildman–Crippen LogP) is 1.78. The zero-order valence-electron chi connectivity index (χ0n) is 10.8. The molecule has 1 aliphatic heterocycles. The number of aromatic nitrogens is 3. The zero-order chi connectivity index (χ0) is 13.6. The number of hydrogen-bond donors (Lipinski definition) is 0. The van der Waals surface area contributed by atoms with E-state index in [1.165, 1.54) is 0 Å². The maximum Gasteiger partial charge on any atom is 0.266 e. The van der Waals surface area contributed by atoms with Crippen LogP contribution in [0.5, 0.6) is 0 Å². The lowest BCUT2D eigenvalue weighted by Gasteiger charge is -2.11. The molecule has 0 bridgehead atoms. The van der Waals surface area contributed by atoms with Gasteiger partial charge in [-0.05, 0) is 12.0 Å². The molecule has 3 rings (SSSR count). The highest BCUT2D eigenvalue weighted by molar-refractivity contribution is 7.90. The highest BCUT2D eigenvalue weighted by Crippen LogP contribution is 2.38. The van der Waals surface area contributed by atoms with Gasteiger partial charge in [-0.1, -0.05) is 37.3 Å². The lowest BCUT2D eigenvalue weighted by atomic mass is 10.0. The molecule has 0 aliphatic carbocycles. The summed E-state index contributed by atoms with van der Waals surface area (Å²) in [6.07, 6.45) is 2.05. The lowest BCUT2D eigenvalue weighted by Crippen LogP contribution is -2.09. The quantitative estimate of drug-likeness (QED) is 0.839. The van der Waals surface area contributed by atoms with Gasteiger partial charge in [0.05, 0.1) is 6.04 Å². The predicted molar refractivity (Wildman–Crippen MR) is 70.7 cm³/mol. The Bertz CT molecular complexity index is 707. The van der Waals surface area contributed by atoms with Crippen molar-refractivity contribution in [2.45, 2.75) is 30.5 Å². The summed E-state index contributed by atoms with van der Waals surface area (Å²) in [5, 5.41) is 4.11. The molecule has 100 valence electrons. The molecule has 2 atom stereocenters. The SMILES string of the molecule is C[C@H]1C[C@@H](c2ccccc2)n2nc(S(C)(=O)=O)nc21. The van der Waals surface area contributed by atoms with Gasteiger partial charge >= 0.3 is 0 Å². The van der Waals surface area contributed by atoms with Crippen molar-refractivity contribution < 1.29 is 8.42 Å². The van der Waals surface area contributed by atoms with Crippen molar-refractivity contribution in [2.75, 3.05) is 6.26 Å². The van der Waals surface area contributed by atoms with E-state index in [2.05, 4.69) is 17.0 Å². The smallest absolute Gasteiger partial charge is 0.241 e. The number of sulfone groups is 1. The first-order chi connectivity index (χ1) is 8.97. The molecule has 1 aromatic carbocycles. The molecule has 0 saturated heterocycles. The molecule has 0 radical (unpaired) electrons. The fraction of sp³-hybridized carbons (Fsp3) is 0.385. The van der Waals surface area contributed by atoms with Crippen LogP contribution >= 0.6 is 0 Å². The van der Waals surface area contributed by atoms with Crippen molar-refractivity contribution in [3.8, 4) is 0 Å². The Morgan fingerprint density at radius 3 is 2.58 bits per heavy atom. The monoisotopic (exact) mass is 277 g/mol. The Labute approximate surface area is 112 Å². The third kappa shape index (κ3) is 2.06. The van der Waals surface area contributed by atoms with Gasteiger partial charge in [-0.25, -0.2) is 18.1 Å². The van der Waals surface area contributed by atoms with E-state index in [-0.39, 0.29) is 17.1 Å². The van der Waals surface area contributed by atoms with Gasteiger partial charge in [-0.2, -0.15) is 0 Å². The van der Waals surface area contributed by atoms with Gasteiger partial charge in [0.25, 0.3) is 5.16 Å². The molecule has 0 amide bonds. The Balaban J connectivity index is 2.09. The number of hydrogen-bond acceptors (Lipinski definition) is 4. The molecule has 1 aromatic heterocycles. The lowest BCUT2D eigenvalue weighted by molar-refractivity contribution is 0.524. The van der Waals surface area contributed by atoms with Gasteiger partial charge in [0.15, 0.2) is 0 Å². The number of nitrogens with zero attached hydrogens (tertiary/aromatic N) is 3. The van der Waals surface area contributed by atoms with Gasteiger partial charge < -0.3 is 0 Å². The standard InChI is InChI=1S/C13H15N3O2S/c1-9-8-11(10-6-4-3-5-7-10)16-12(9)14-13(15-16)19(2,17)18/h3-7,9,11H,8H2,1-2H3/t9-,11-/m0/s1. The van der Waals surface area contributed by atoms with Crippen LogP contribution in [-0.2, 0) is 9.84 Å². The first-order valence-electron chi connectivity index (χ1n) is 6.18. The van der Waals surface area contributed by atoms with Crippen LogP contribution in [-0.4, -0.2) is 29.4 Å². The van der Waals surface area contributed by atoms with E-state index < -0.39 is 9.84 Å².